The topological polar surface area (TPSA) is 73.2 Å². The molecule has 1 aliphatic carbocycles. The van der Waals surface area contributed by atoms with Gasteiger partial charge in [-0.25, -0.2) is 4.68 Å². The first-order valence-corrected chi connectivity index (χ1v) is 8.93. The van der Waals surface area contributed by atoms with E-state index in [4.69, 9.17) is 4.74 Å². The highest BCUT2D eigenvalue weighted by atomic mass is 19.4. The predicted molar refractivity (Wildman–Crippen MR) is 95.1 cm³/mol. The first-order valence-electron chi connectivity index (χ1n) is 8.93. The molecule has 0 radical (unpaired) electrons. The van der Waals surface area contributed by atoms with E-state index in [-0.39, 0.29) is 24.5 Å². The first kappa shape index (κ1) is 19.9. The predicted octanol–water partition coefficient (Wildman–Crippen LogP) is 2.90. The van der Waals surface area contributed by atoms with Gasteiger partial charge in [-0.15, -0.1) is 0 Å². The van der Waals surface area contributed by atoms with Crippen molar-refractivity contribution in [3.05, 3.63) is 58.0 Å². The summed E-state index contributed by atoms with van der Waals surface area (Å²) in [5.74, 6) is -0.00898. The number of hydrogen-bond acceptors (Lipinski definition) is 4. The number of halogens is 3. The van der Waals surface area contributed by atoms with Gasteiger partial charge in [0.05, 0.1) is 17.8 Å². The summed E-state index contributed by atoms with van der Waals surface area (Å²) >= 11 is 0. The highest BCUT2D eigenvalue weighted by Gasteiger charge is 2.30. The molecule has 150 valence electrons. The van der Waals surface area contributed by atoms with Crippen molar-refractivity contribution in [2.24, 2.45) is 0 Å². The van der Waals surface area contributed by atoms with Gasteiger partial charge in [-0.3, -0.25) is 9.59 Å². The van der Waals surface area contributed by atoms with Crippen LogP contribution in [0.2, 0.25) is 0 Å². The summed E-state index contributed by atoms with van der Waals surface area (Å²) in [6.07, 6.45) is -2.39. The van der Waals surface area contributed by atoms with Gasteiger partial charge in [0.25, 0.3) is 5.56 Å². The smallest absolute Gasteiger partial charge is 0.416 e. The summed E-state index contributed by atoms with van der Waals surface area (Å²) in [5, 5.41) is 6.87. The van der Waals surface area contributed by atoms with Gasteiger partial charge in [0.15, 0.2) is 0 Å². The van der Waals surface area contributed by atoms with E-state index in [0.29, 0.717) is 5.92 Å². The Bertz CT molecular complexity index is 907. The fourth-order valence-electron chi connectivity index (χ4n) is 2.68. The molecule has 6 nitrogen and oxygen atoms in total. The van der Waals surface area contributed by atoms with Crippen LogP contribution in [0.4, 0.5) is 13.2 Å². The van der Waals surface area contributed by atoms with Crippen molar-refractivity contribution in [3.63, 3.8) is 0 Å². The number of amides is 1. The van der Waals surface area contributed by atoms with Gasteiger partial charge < -0.3 is 10.1 Å². The molecule has 0 bridgehead atoms. The van der Waals surface area contributed by atoms with Crippen LogP contribution in [-0.2, 0) is 11.0 Å². The van der Waals surface area contributed by atoms with Crippen molar-refractivity contribution in [1.82, 2.24) is 15.1 Å². The lowest BCUT2D eigenvalue weighted by Crippen LogP contribution is -2.38. The molecule has 1 aliphatic rings. The number of alkyl halides is 3. The highest BCUT2D eigenvalue weighted by molar-refractivity contribution is 5.79. The van der Waals surface area contributed by atoms with Crippen LogP contribution in [0.3, 0.4) is 0 Å². The molecule has 1 atom stereocenters. The lowest BCUT2D eigenvalue weighted by atomic mass is 10.2. The summed E-state index contributed by atoms with van der Waals surface area (Å²) in [4.78, 5) is 24.3. The summed E-state index contributed by atoms with van der Waals surface area (Å²) in [6, 6.07) is 6.80. The van der Waals surface area contributed by atoms with E-state index in [9.17, 15) is 22.8 Å². The molecule has 28 heavy (non-hydrogen) atoms. The van der Waals surface area contributed by atoms with E-state index in [1.54, 1.807) is 13.0 Å². The van der Waals surface area contributed by atoms with Crippen LogP contribution in [-0.4, -0.2) is 28.8 Å². The molecule has 1 aromatic heterocycles. The minimum absolute atomic E-state index is 0.00971. The van der Waals surface area contributed by atoms with Crippen molar-refractivity contribution in [3.8, 4) is 5.75 Å². The number of ether oxygens (including phenoxy) is 1. The van der Waals surface area contributed by atoms with Crippen molar-refractivity contribution >= 4 is 5.91 Å². The van der Waals surface area contributed by atoms with Gasteiger partial charge >= 0.3 is 6.18 Å². The molecule has 9 heteroatoms. The number of hydrogen-bond donors (Lipinski definition) is 1. The van der Waals surface area contributed by atoms with E-state index in [0.717, 1.165) is 35.4 Å². The van der Waals surface area contributed by atoms with E-state index >= 15 is 0 Å². The van der Waals surface area contributed by atoms with Gasteiger partial charge in [-0.1, -0.05) is 6.07 Å². The number of nitrogens with zero attached hydrogens (tertiary/aromatic N) is 2. The van der Waals surface area contributed by atoms with Gasteiger partial charge in [0, 0.05) is 12.0 Å². The van der Waals surface area contributed by atoms with E-state index < -0.39 is 23.7 Å². The van der Waals surface area contributed by atoms with Crippen LogP contribution in [0.5, 0.6) is 5.75 Å². The molecule has 0 saturated heterocycles. The second kappa shape index (κ2) is 8.04. The summed E-state index contributed by atoms with van der Waals surface area (Å²) in [7, 11) is 0. The monoisotopic (exact) mass is 395 g/mol. The van der Waals surface area contributed by atoms with Gasteiger partial charge in [-0.05, 0) is 44.0 Å². The van der Waals surface area contributed by atoms with Crippen LogP contribution in [0.15, 0.2) is 41.2 Å². The largest absolute Gasteiger partial charge is 0.492 e. The Kier molecular flexibility index (Phi) is 5.71. The van der Waals surface area contributed by atoms with Crippen molar-refractivity contribution < 1.29 is 22.7 Å². The molecule has 2 aromatic rings. The maximum atomic E-state index is 12.7. The van der Waals surface area contributed by atoms with Crippen molar-refractivity contribution in [1.29, 1.82) is 0 Å². The lowest BCUT2D eigenvalue weighted by Gasteiger charge is -2.15. The molecule has 1 unspecified atom stereocenters. The first-order chi connectivity index (χ1) is 13.3. The van der Waals surface area contributed by atoms with E-state index in [1.165, 1.54) is 18.2 Å². The van der Waals surface area contributed by atoms with Crippen LogP contribution in [0.1, 0.15) is 43.0 Å². The maximum Gasteiger partial charge on any atom is 0.416 e. The zero-order valence-electron chi connectivity index (χ0n) is 15.2. The summed E-state index contributed by atoms with van der Waals surface area (Å²) in [6.45, 7) is 1.63. The Morgan fingerprint density at radius 2 is 2.07 bits per heavy atom. The molecule has 1 aromatic carbocycles. The molecule has 0 aliphatic heterocycles. The van der Waals surface area contributed by atoms with Gasteiger partial charge in [-0.2, -0.15) is 18.3 Å². The quantitative estimate of drug-likeness (QED) is 0.732. The number of benzene rings is 1. The zero-order chi connectivity index (χ0) is 20.3. The lowest BCUT2D eigenvalue weighted by molar-refractivity contribution is -0.137. The van der Waals surface area contributed by atoms with Crippen LogP contribution in [0, 0.1) is 0 Å². The molecule has 3 rings (SSSR count). The standard InChI is InChI=1S/C19H20F3N3O3/c1-12(25-17(26)8-7-16(24-25)13-5-6-13)18(27)23-9-10-28-15-4-2-3-14(11-15)19(20,21)22/h2-4,7-8,11-13H,5-6,9-10H2,1H3,(H,23,27). The molecular weight excluding hydrogens is 375 g/mol. The van der Waals surface area contributed by atoms with Crippen molar-refractivity contribution in [2.75, 3.05) is 13.2 Å². The number of rotatable bonds is 7. The Balaban J connectivity index is 1.52. The summed E-state index contributed by atoms with van der Waals surface area (Å²) < 4.78 is 44.5. The van der Waals surface area contributed by atoms with Crippen molar-refractivity contribution in [2.45, 2.75) is 37.9 Å². The average molecular weight is 395 g/mol. The molecule has 1 saturated carbocycles. The molecule has 1 fully saturated rings. The fraction of sp³-hybridized carbons (Fsp3) is 0.421. The third-order valence-electron chi connectivity index (χ3n) is 4.42. The molecule has 1 amide bonds. The second-order valence-electron chi connectivity index (χ2n) is 6.66. The van der Waals surface area contributed by atoms with Gasteiger partial charge in [0.2, 0.25) is 5.91 Å². The Hall–Kier alpha value is -2.84. The zero-order valence-corrected chi connectivity index (χ0v) is 15.2. The van der Waals surface area contributed by atoms with Crippen LogP contribution < -0.4 is 15.6 Å². The molecule has 0 spiro atoms. The Morgan fingerprint density at radius 3 is 2.75 bits per heavy atom. The van der Waals surface area contributed by atoms with E-state index in [1.807, 2.05) is 0 Å². The highest BCUT2D eigenvalue weighted by Crippen LogP contribution is 2.38. The molecular formula is C19H20F3N3O3. The average Bonchev–Trinajstić information content (AvgIpc) is 3.50. The van der Waals surface area contributed by atoms with Gasteiger partial charge in [0.1, 0.15) is 18.4 Å². The summed E-state index contributed by atoms with van der Waals surface area (Å²) in [5.41, 5.74) is -0.372. The maximum absolute atomic E-state index is 12.7. The SMILES string of the molecule is CC(C(=O)NCCOc1cccc(C(F)(F)F)c1)n1nc(C2CC2)ccc1=O. The number of carbonyl (C=O) groups is 1. The van der Waals surface area contributed by atoms with E-state index in [2.05, 4.69) is 10.4 Å². The fourth-order valence-corrected chi connectivity index (χ4v) is 2.68. The number of carbonyl (C=O) groups excluding carboxylic acids is 1. The number of aromatic nitrogens is 2. The normalized spacial score (nSPS) is 15.1. The number of nitrogens with one attached hydrogen (secondary N) is 1. The van der Waals surface area contributed by atoms with Crippen LogP contribution >= 0.6 is 0 Å². The third kappa shape index (κ3) is 4.90. The second-order valence-corrected chi connectivity index (χ2v) is 6.66. The minimum Gasteiger partial charge on any atom is -0.492 e. The minimum atomic E-state index is -4.45. The molecule has 1 N–H and O–H groups in total. The third-order valence-corrected chi connectivity index (χ3v) is 4.42. The molecule has 1 heterocycles. The Labute approximate surface area is 159 Å². The van der Waals surface area contributed by atoms with Crippen LogP contribution in [0.25, 0.3) is 0 Å². The Morgan fingerprint density at radius 1 is 1.32 bits per heavy atom.